The van der Waals surface area contributed by atoms with Crippen LogP contribution >= 0.6 is 0 Å². The number of aryl methyl sites for hydroxylation is 2. The van der Waals surface area contributed by atoms with Crippen molar-refractivity contribution in [3.63, 3.8) is 0 Å². The van der Waals surface area contributed by atoms with E-state index in [9.17, 15) is 9.59 Å². The van der Waals surface area contributed by atoms with Gasteiger partial charge in [-0.05, 0) is 62.1 Å². The predicted molar refractivity (Wildman–Crippen MR) is 117 cm³/mol. The van der Waals surface area contributed by atoms with Crippen LogP contribution in [0.1, 0.15) is 65.4 Å². The van der Waals surface area contributed by atoms with Gasteiger partial charge < -0.3 is 4.74 Å². The first-order chi connectivity index (χ1) is 14.1. The molecule has 2 aromatic carbocycles. The van der Waals surface area contributed by atoms with E-state index >= 15 is 0 Å². The van der Waals surface area contributed by atoms with E-state index in [0.29, 0.717) is 11.1 Å². The van der Waals surface area contributed by atoms with Crippen LogP contribution in [0.25, 0.3) is 5.69 Å². The van der Waals surface area contributed by atoms with Crippen LogP contribution in [0, 0.1) is 13.8 Å². The Morgan fingerprint density at radius 1 is 0.933 bits per heavy atom. The van der Waals surface area contributed by atoms with Gasteiger partial charge in [-0.25, -0.2) is 9.48 Å². The molecule has 0 amide bonds. The molecule has 0 fully saturated rings. The fraction of sp³-hybridized carbons (Fsp3) is 0.320. The quantitative estimate of drug-likeness (QED) is 0.432. The van der Waals surface area contributed by atoms with Crippen LogP contribution in [-0.2, 0) is 10.2 Å². The number of rotatable bonds is 5. The fourth-order valence-electron chi connectivity index (χ4n) is 3.28. The third kappa shape index (κ3) is 4.67. The first-order valence-corrected chi connectivity index (χ1v) is 10.1. The molecule has 1 heterocycles. The molecular formula is C25H28N2O3. The minimum absolute atomic E-state index is 0.0131. The molecule has 5 heteroatoms. The lowest BCUT2D eigenvalue weighted by Crippen LogP contribution is -2.24. The zero-order chi connectivity index (χ0) is 22.1. The molecule has 30 heavy (non-hydrogen) atoms. The first kappa shape index (κ1) is 21.5. The van der Waals surface area contributed by atoms with Gasteiger partial charge in [0.05, 0.1) is 16.9 Å². The van der Waals surface area contributed by atoms with E-state index in [-0.39, 0.29) is 11.2 Å². The molecule has 3 aromatic rings. The molecule has 5 nitrogen and oxygen atoms in total. The van der Waals surface area contributed by atoms with Gasteiger partial charge in [0.25, 0.3) is 0 Å². The van der Waals surface area contributed by atoms with Crippen molar-refractivity contribution in [2.24, 2.45) is 0 Å². The Morgan fingerprint density at radius 3 is 2.00 bits per heavy atom. The summed E-state index contributed by atoms with van der Waals surface area (Å²) in [6, 6.07) is 16.4. The van der Waals surface area contributed by atoms with Gasteiger partial charge in [0.2, 0.25) is 5.78 Å². The number of nitrogens with zero attached hydrogens (tertiary/aromatic N) is 2. The van der Waals surface area contributed by atoms with Gasteiger partial charge in [0.1, 0.15) is 0 Å². The number of ether oxygens (including phenoxy) is 1. The van der Waals surface area contributed by atoms with E-state index < -0.39 is 12.1 Å². The van der Waals surface area contributed by atoms with Gasteiger partial charge in [0, 0.05) is 11.3 Å². The lowest BCUT2D eigenvalue weighted by atomic mass is 9.86. The summed E-state index contributed by atoms with van der Waals surface area (Å²) in [6.07, 6.45) is -0.867. The molecule has 1 aromatic heterocycles. The molecule has 156 valence electrons. The summed E-state index contributed by atoms with van der Waals surface area (Å²) in [5.74, 6) is -0.745. The van der Waals surface area contributed by atoms with Gasteiger partial charge in [-0.2, -0.15) is 5.10 Å². The van der Waals surface area contributed by atoms with Gasteiger partial charge in [-0.1, -0.05) is 45.0 Å². The lowest BCUT2D eigenvalue weighted by molar-refractivity contribution is 0.0319. The summed E-state index contributed by atoms with van der Waals surface area (Å²) >= 11 is 0. The zero-order valence-corrected chi connectivity index (χ0v) is 18.4. The summed E-state index contributed by atoms with van der Waals surface area (Å²) in [4.78, 5) is 25.2. The molecule has 0 saturated carbocycles. The Balaban J connectivity index is 1.67. The van der Waals surface area contributed by atoms with Crippen molar-refractivity contribution in [1.82, 2.24) is 9.78 Å². The SMILES string of the molecule is Cc1cc(C)n(-c2ccc(C(=O)O[C@@H](C)C(=O)c3ccc(C(C)(C)C)cc3)cc2)n1. The summed E-state index contributed by atoms with van der Waals surface area (Å²) in [5.41, 5.74) is 4.88. The van der Waals surface area contributed by atoms with Crippen LogP contribution in [0.5, 0.6) is 0 Å². The highest BCUT2D eigenvalue weighted by Crippen LogP contribution is 2.23. The molecule has 0 bridgehead atoms. The topological polar surface area (TPSA) is 61.2 Å². The molecule has 0 saturated heterocycles. The van der Waals surface area contributed by atoms with Crippen molar-refractivity contribution < 1.29 is 14.3 Å². The number of hydrogen-bond donors (Lipinski definition) is 0. The molecule has 0 aliphatic heterocycles. The average molecular weight is 405 g/mol. The van der Waals surface area contributed by atoms with Crippen LogP contribution in [0.15, 0.2) is 54.6 Å². The number of benzene rings is 2. The summed E-state index contributed by atoms with van der Waals surface area (Å²) in [7, 11) is 0. The molecule has 1 atom stereocenters. The number of carbonyl (C=O) groups excluding carboxylic acids is 2. The Bertz CT molecular complexity index is 1060. The number of carbonyl (C=O) groups is 2. The lowest BCUT2D eigenvalue weighted by Gasteiger charge is -2.19. The normalized spacial score (nSPS) is 12.5. The number of hydrogen-bond acceptors (Lipinski definition) is 4. The number of ketones is 1. The summed E-state index contributed by atoms with van der Waals surface area (Å²) in [6.45, 7) is 11.9. The summed E-state index contributed by atoms with van der Waals surface area (Å²) in [5, 5.41) is 4.44. The molecule has 0 aliphatic carbocycles. The van der Waals surface area contributed by atoms with Crippen LogP contribution in [0.3, 0.4) is 0 Å². The maximum atomic E-state index is 12.7. The van der Waals surface area contributed by atoms with Gasteiger partial charge >= 0.3 is 5.97 Å². The molecule has 3 rings (SSSR count). The van der Waals surface area contributed by atoms with Gasteiger partial charge in [-0.15, -0.1) is 0 Å². The smallest absolute Gasteiger partial charge is 0.338 e. The average Bonchev–Trinajstić information content (AvgIpc) is 3.04. The maximum Gasteiger partial charge on any atom is 0.338 e. The number of Topliss-reactive ketones (excluding diaryl/α,β-unsaturated/α-hetero) is 1. The highest BCUT2D eigenvalue weighted by atomic mass is 16.5. The molecule has 0 spiro atoms. The van der Waals surface area contributed by atoms with Crippen LogP contribution in [-0.4, -0.2) is 27.6 Å². The van der Waals surface area contributed by atoms with Crippen molar-refractivity contribution in [3.05, 3.63) is 82.7 Å². The molecule has 0 aliphatic rings. The van der Waals surface area contributed by atoms with Gasteiger partial charge in [0.15, 0.2) is 6.10 Å². The van der Waals surface area contributed by atoms with Crippen molar-refractivity contribution in [1.29, 1.82) is 0 Å². The zero-order valence-electron chi connectivity index (χ0n) is 18.4. The van der Waals surface area contributed by atoms with Gasteiger partial charge in [-0.3, -0.25) is 4.79 Å². The minimum atomic E-state index is -0.867. The van der Waals surface area contributed by atoms with Crippen molar-refractivity contribution in [2.45, 2.75) is 53.1 Å². The molecule has 0 N–H and O–H groups in total. The molecule has 0 radical (unpaired) electrons. The van der Waals surface area contributed by atoms with Crippen LogP contribution in [0.4, 0.5) is 0 Å². The number of aromatic nitrogens is 2. The van der Waals surface area contributed by atoms with Crippen molar-refractivity contribution in [3.8, 4) is 5.69 Å². The predicted octanol–water partition coefficient (Wildman–Crippen LogP) is 5.21. The molecular weight excluding hydrogens is 376 g/mol. The Labute approximate surface area is 177 Å². The highest BCUT2D eigenvalue weighted by Gasteiger charge is 2.21. The van der Waals surface area contributed by atoms with E-state index in [1.807, 2.05) is 48.9 Å². The standard InChI is InChI=1S/C25H28N2O3/c1-16-15-17(2)27(26-16)22-13-9-20(10-14-22)24(29)30-18(3)23(28)19-7-11-21(12-8-19)25(4,5)6/h7-15,18H,1-6H3/t18-/m0/s1. The second kappa shape index (κ2) is 8.27. The fourth-order valence-corrected chi connectivity index (χ4v) is 3.28. The third-order valence-electron chi connectivity index (χ3n) is 5.05. The largest absolute Gasteiger partial charge is 0.451 e. The third-order valence-corrected chi connectivity index (χ3v) is 5.05. The monoisotopic (exact) mass is 404 g/mol. The first-order valence-electron chi connectivity index (χ1n) is 10.1. The summed E-state index contributed by atoms with van der Waals surface area (Å²) < 4.78 is 7.23. The Morgan fingerprint density at radius 2 is 1.50 bits per heavy atom. The Kier molecular flexibility index (Phi) is 5.92. The van der Waals surface area contributed by atoms with E-state index in [4.69, 9.17) is 4.74 Å². The maximum absolute atomic E-state index is 12.7. The van der Waals surface area contributed by atoms with E-state index in [1.165, 1.54) is 0 Å². The highest BCUT2D eigenvalue weighted by molar-refractivity contribution is 6.01. The Hall–Kier alpha value is -3.21. The second-order valence-electron chi connectivity index (χ2n) is 8.62. The van der Waals surface area contributed by atoms with E-state index in [1.54, 1.807) is 31.2 Å². The van der Waals surface area contributed by atoms with Crippen molar-refractivity contribution >= 4 is 11.8 Å². The number of esters is 1. The second-order valence-corrected chi connectivity index (χ2v) is 8.62. The minimum Gasteiger partial charge on any atom is -0.451 e. The molecule has 0 unspecified atom stereocenters. The van der Waals surface area contributed by atoms with E-state index in [2.05, 4.69) is 25.9 Å². The van der Waals surface area contributed by atoms with E-state index in [0.717, 1.165) is 22.6 Å². The van der Waals surface area contributed by atoms with Crippen molar-refractivity contribution in [2.75, 3.05) is 0 Å². The van der Waals surface area contributed by atoms with Crippen LogP contribution in [0.2, 0.25) is 0 Å². The van der Waals surface area contributed by atoms with Crippen LogP contribution < -0.4 is 0 Å².